The summed E-state index contributed by atoms with van der Waals surface area (Å²) in [6, 6.07) is 1.72. The van der Waals surface area contributed by atoms with Gasteiger partial charge in [-0.1, -0.05) is 0 Å². The standard InChI is InChI=1S/C5H7NO2.H3O3P/c1-4-3-5(7-2)6-8-4;1-4(2)3/h3H,1-2H3;4H,(H2,1,2,3). The molecule has 0 saturated carbocycles. The Morgan fingerprint density at radius 2 is 2.17 bits per heavy atom. The first-order chi connectivity index (χ1) is 5.56. The first-order valence-electron chi connectivity index (χ1n) is 2.95. The second-order valence-electron chi connectivity index (χ2n) is 1.76. The van der Waals surface area contributed by atoms with Gasteiger partial charge in [-0.15, -0.1) is 0 Å². The highest BCUT2D eigenvalue weighted by Gasteiger charge is 1.94. The number of methoxy groups -OCH3 is 1. The summed E-state index contributed by atoms with van der Waals surface area (Å²) in [4.78, 5) is 14.3. The lowest BCUT2D eigenvalue weighted by Gasteiger charge is -1.83. The smallest absolute Gasteiger partial charge is 0.314 e. The van der Waals surface area contributed by atoms with E-state index in [-0.39, 0.29) is 0 Å². The predicted molar refractivity (Wildman–Crippen MR) is 41.2 cm³/mol. The van der Waals surface area contributed by atoms with Gasteiger partial charge in [-0.25, -0.2) is 0 Å². The minimum atomic E-state index is -3.13. The molecule has 6 nitrogen and oxygen atoms in total. The quantitative estimate of drug-likeness (QED) is 0.628. The Bertz CT molecular complexity index is 244. The summed E-state index contributed by atoms with van der Waals surface area (Å²) in [7, 11) is -1.58. The van der Waals surface area contributed by atoms with Gasteiger partial charge in [0, 0.05) is 6.07 Å². The third-order valence-corrected chi connectivity index (χ3v) is 0.815. The number of aromatic nitrogens is 1. The van der Waals surface area contributed by atoms with Crippen LogP contribution in [0.2, 0.25) is 0 Å². The Hall–Kier alpha value is -0.840. The van der Waals surface area contributed by atoms with Gasteiger partial charge >= 0.3 is 8.25 Å². The summed E-state index contributed by atoms with van der Waals surface area (Å²) < 4.78 is 18.2. The second kappa shape index (κ2) is 5.77. The van der Waals surface area contributed by atoms with Crippen LogP contribution in [0.5, 0.6) is 5.88 Å². The van der Waals surface area contributed by atoms with Crippen LogP contribution in [-0.4, -0.2) is 22.1 Å². The van der Waals surface area contributed by atoms with E-state index in [4.69, 9.17) is 19.1 Å². The minimum Gasteiger partial charge on any atom is -0.479 e. The third kappa shape index (κ3) is 5.91. The summed E-state index contributed by atoms with van der Waals surface area (Å²) >= 11 is 0. The van der Waals surface area contributed by atoms with Gasteiger partial charge in [0.25, 0.3) is 5.88 Å². The molecule has 0 radical (unpaired) electrons. The van der Waals surface area contributed by atoms with Crippen molar-refractivity contribution in [1.82, 2.24) is 5.16 Å². The number of nitrogens with zero attached hydrogens (tertiary/aromatic N) is 1. The Morgan fingerprint density at radius 3 is 2.33 bits per heavy atom. The maximum atomic E-state index is 8.74. The number of aryl methyl sites for hydroxylation is 1. The number of hydrogen-bond donors (Lipinski definition) is 2. The van der Waals surface area contributed by atoms with E-state index < -0.39 is 8.25 Å². The molecule has 0 saturated heterocycles. The van der Waals surface area contributed by atoms with Gasteiger partial charge in [0.05, 0.1) is 7.11 Å². The molecule has 1 aromatic heterocycles. The van der Waals surface area contributed by atoms with E-state index in [1.807, 2.05) is 6.92 Å². The molecule has 0 aliphatic rings. The van der Waals surface area contributed by atoms with Gasteiger partial charge in [-0.3, -0.25) is 4.57 Å². The molecule has 0 amide bonds. The van der Waals surface area contributed by atoms with Crippen LogP contribution in [0.3, 0.4) is 0 Å². The molecule has 0 unspecified atom stereocenters. The largest absolute Gasteiger partial charge is 0.479 e. The molecule has 0 fully saturated rings. The maximum absolute atomic E-state index is 8.74. The van der Waals surface area contributed by atoms with Crippen molar-refractivity contribution in [3.63, 3.8) is 0 Å². The zero-order valence-corrected chi connectivity index (χ0v) is 7.64. The molecule has 0 bridgehead atoms. The normalized spacial score (nSPS) is 9.08. The molecule has 0 aliphatic carbocycles. The summed E-state index contributed by atoms with van der Waals surface area (Å²) in [6.07, 6.45) is 0. The first kappa shape index (κ1) is 11.2. The van der Waals surface area contributed by atoms with E-state index in [1.54, 1.807) is 13.2 Å². The number of ether oxygens (including phenoxy) is 1. The Labute approximate surface area is 69.7 Å². The molecule has 1 heterocycles. The summed E-state index contributed by atoms with van der Waals surface area (Å²) in [5, 5.41) is 3.54. The monoisotopic (exact) mass is 195 g/mol. The van der Waals surface area contributed by atoms with E-state index in [2.05, 4.69) is 9.68 Å². The van der Waals surface area contributed by atoms with Crippen molar-refractivity contribution < 1.29 is 23.6 Å². The van der Waals surface area contributed by atoms with E-state index >= 15 is 0 Å². The topological polar surface area (TPSA) is 92.8 Å². The molecule has 1 rings (SSSR count). The van der Waals surface area contributed by atoms with Gasteiger partial charge in [-0.05, 0) is 12.1 Å². The van der Waals surface area contributed by atoms with Crippen molar-refractivity contribution in [1.29, 1.82) is 0 Å². The molecule has 70 valence electrons. The zero-order valence-electron chi connectivity index (χ0n) is 6.64. The van der Waals surface area contributed by atoms with Crippen LogP contribution in [-0.2, 0) is 4.57 Å². The van der Waals surface area contributed by atoms with Gasteiger partial charge in [0.15, 0.2) is 0 Å². The molecule has 0 aromatic carbocycles. The maximum Gasteiger partial charge on any atom is 0.314 e. The second-order valence-corrected chi connectivity index (χ2v) is 2.33. The van der Waals surface area contributed by atoms with Gasteiger partial charge < -0.3 is 19.0 Å². The highest BCUT2D eigenvalue weighted by molar-refractivity contribution is 7.30. The predicted octanol–water partition coefficient (Wildman–Crippen LogP) is 0.352. The Kier molecular flexibility index (Phi) is 5.36. The average molecular weight is 195 g/mol. The fourth-order valence-corrected chi connectivity index (χ4v) is 0.440. The van der Waals surface area contributed by atoms with Crippen LogP contribution in [0.4, 0.5) is 0 Å². The third-order valence-electron chi connectivity index (χ3n) is 0.815. The summed E-state index contributed by atoms with van der Waals surface area (Å²) in [6.45, 7) is 1.82. The van der Waals surface area contributed by atoms with Gasteiger partial charge in [-0.2, -0.15) is 0 Å². The van der Waals surface area contributed by atoms with Crippen LogP contribution in [0, 0.1) is 6.92 Å². The SMILES string of the molecule is COc1cc(C)on1.O=[PH](O)O. The van der Waals surface area contributed by atoms with Crippen LogP contribution in [0.15, 0.2) is 10.6 Å². The fraction of sp³-hybridized carbons (Fsp3) is 0.400. The molecule has 0 spiro atoms. The van der Waals surface area contributed by atoms with Crippen molar-refractivity contribution in [2.24, 2.45) is 0 Å². The molecule has 0 atom stereocenters. The minimum absolute atomic E-state index is 0.530. The van der Waals surface area contributed by atoms with E-state index in [1.165, 1.54) is 0 Å². The van der Waals surface area contributed by atoms with Crippen molar-refractivity contribution in [2.45, 2.75) is 6.92 Å². The fourth-order valence-electron chi connectivity index (χ4n) is 0.440. The van der Waals surface area contributed by atoms with Crippen molar-refractivity contribution in [3.05, 3.63) is 11.8 Å². The van der Waals surface area contributed by atoms with E-state index in [0.717, 1.165) is 5.76 Å². The highest BCUT2D eigenvalue weighted by atomic mass is 31.1. The molecule has 2 N–H and O–H groups in total. The van der Waals surface area contributed by atoms with Crippen molar-refractivity contribution in [2.75, 3.05) is 7.11 Å². The highest BCUT2D eigenvalue weighted by Crippen LogP contribution is 2.07. The van der Waals surface area contributed by atoms with Gasteiger partial charge in [0.2, 0.25) is 0 Å². The molecule has 1 aromatic rings. The lowest BCUT2D eigenvalue weighted by molar-refractivity contribution is 0.331. The van der Waals surface area contributed by atoms with Crippen LogP contribution in [0.1, 0.15) is 5.76 Å². The summed E-state index contributed by atoms with van der Waals surface area (Å²) in [5.74, 6) is 1.30. The van der Waals surface area contributed by atoms with E-state index in [9.17, 15) is 0 Å². The molecule has 0 aliphatic heterocycles. The van der Waals surface area contributed by atoms with Crippen molar-refractivity contribution in [3.8, 4) is 5.88 Å². The van der Waals surface area contributed by atoms with E-state index in [0.29, 0.717) is 5.88 Å². The lowest BCUT2D eigenvalue weighted by atomic mass is 10.5. The number of rotatable bonds is 1. The zero-order chi connectivity index (χ0) is 9.56. The average Bonchev–Trinajstić information content (AvgIpc) is 2.34. The van der Waals surface area contributed by atoms with Crippen molar-refractivity contribution >= 4 is 8.25 Å². The van der Waals surface area contributed by atoms with Crippen LogP contribution in [0.25, 0.3) is 0 Å². The summed E-state index contributed by atoms with van der Waals surface area (Å²) in [5.41, 5.74) is 0. The van der Waals surface area contributed by atoms with Crippen LogP contribution < -0.4 is 4.74 Å². The molecule has 12 heavy (non-hydrogen) atoms. The number of hydrogen-bond acceptors (Lipinski definition) is 4. The molecular weight excluding hydrogens is 185 g/mol. The lowest BCUT2D eigenvalue weighted by Crippen LogP contribution is -1.78. The van der Waals surface area contributed by atoms with Gasteiger partial charge in [0.1, 0.15) is 5.76 Å². The Morgan fingerprint density at radius 1 is 1.67 bits per heavy atom. The molecule has 7 heteroatoms. The molecular formula is C5H10NO5P. The Balaban J connectivity index is 0.000000261. The van der Waals surface area contributed by atoms with Crippen LogP contribution >= 0.6 is 8.25 Å². The first-order valence-corrected chi connectivity index (χ1v) is 4.25.